The lowest BCUT2D eigenvalue weighted by molar-refractivity contribution is 1.33. The quantitative estimate of drug-likeness (QED) is 0.272. The fraction of sp³-hybridized carbons (Fsp3) is 0. The Morgan fingerprint density at radius 2 is 1.00 bits per heavy atom. The molecule has 0 N–H and O–H groups in total. The van der Waals surface area contributed by atoms with Crippen LogP contribution in [0.2, 0.25) is 0 Å². The summed E-state index contributed by atoms with van der Waals surface area (Å²) < 4.78 is 0. The predicted octanol–water partition coefficient (Wildman–Crippen LogP) is 8.88. The van der Waals surface area contributed by atoms with Crippen molar-refractivity contribution in [2.45, 2.75) is 0 Å². The highest BCUT2D eigenvalue weighted by Crippen LogP contribution is 2.48. The van der Waals surface area contributed by atoms with E-state index in [0.717, 1.165) is 11.3 Å². The molecule has 1 heteroatoms. The minimum atomic E-state index is 0.993. The number of benzene rings is 5. The van der Waals surface area contributed by atoms with Gasteiger partial charge in [0.25, 0.3) is 0 Å². The molecule has 1 aromatic heterocycles. The van der Waals surface area contributed by atoms with Crippen molar-refractivity contribution in [3.63, 3.8) is 0 Å². The minimum Gasteiger partial charge on any atom is -0.256 e. The first-order chi connectivity index (χ1) is 16.8. The second-order valence-electron chi connectivity index (χ2n) is 8.85. The third-order valence-corrected chi connectivity index (χ3v) is 6.84. The number of hydrogen-bond acceptors (Lipinski definition) is 1. The van der Waals surface area contributed by atoms with Crippen molar-refractivity contribution in [3.05, 3.63) is 128 Å². The Labute approximate surface area is 199 Å². The number of hydrogen-bond donors (Lipinski definition) is 0. The van der Waals surface area contributed by atoms with Crippen LogP contribution < -0.4 is 0 Å². The van der Waals surface area contributed by atoms with Crippen molar-refractivity contribution in [1.82, 2.24) is 4.98 Å². The van der Waals surface area contributed by atoms with Crippen molar-refractivity contribution in [3.8, 4) is 55.8 Å². The van der Waals surface area contributed by atoms with E-state index in [0.29, 0.717) is 0 Å². The van der Waals surface area contributed by atoms with Crippen LogP contribution in [0.15, 0.2) is 128 Å². The molecule has 1 aliphatic rings. The van der Waals surface area contributed by atoms with E-state index in [1.54, 1.807) is 0 Å². The summed E-state index contributed by atoms with van der Waals surface area (Å²) in [6, 6.07) is 43.6. The molecule has 0 aliphatic heterocycles. The van der Waals surface area contributed by atoms with Gasteiger partial charge in [0, 0.05) is 11.8 Å². The highest BCUT2D eigenvalue weighted by molar-refractivity contribution is 6.16. The molecular formula is C33H21N. The van der Waals surface area contributed by atoms with Gasteiger partial charge in [0.15, 0.2) is 0 Å². The molecule has 158 valence electrons. The molecule has 0 saturated heterocycles. The van der Waals surface area contributed by atoms with Crippen LogP contribution in [-0.2, 0) is 0 Å². The van der Waals surface area contributed by atoms with Gasteiger partial charge in [-0.15, -0.1) is 0 Å². The standard InChI is InChI=1S/C33H21N/c1-2-14-29-28(13-1)30-15-7-12-26-20-27(21-31(29)33(26)30)24-10-5-8-22(18-24)23-9-6-11-25(19-23)32-16-3-4-17-34-32/h1-21H. The van der Waals surface area contributed by atoms with Gasteiger partial charge in [-0.1, -0.05) is 84.9 Å². The molecule has 1 heterocycles. The molecule has 0 atom stereocenters. The zero-order chi connectivity index (χ0) is 22.5. The largest absolute Gasteiger partial charge is 0.256 e. The fourth-order valence-electron chi connectivity index (χ4n) is 5.25. The normalized spacial score (nSPS) is 11.5. The van der Waals surface area contributed by atoms with Crippen molar-refractivity contribution < 1.29 is 0 Å². The lowest BCUT2D eigenvalue weighted by Crippen LogP contribution is -1.86. The zero-order valence-electron chi connectivity index (χ0n) is 18.6. The summed E-state index contributed by atoms with van der Waals surface area (Å²) in [7, 11) is 0. The Morgan fingerprint density at radius 1 is 0.382 bits per heavy atom. The molecule has 7 rings (SSSR count). The van der Waals surface area contributed by atoms with Gasteiger partial charge in [0.2, 0.25) is 0 Å². The second-order valence-corrected chi connectivity index (χ2v) is 8.85. The van der Waals surface area contributed by atoms with Gasteiger partial charge < -0.3 is 0 Å². The fourth-order valence-corrected chi connectivity index (χ4v) is 5.25. The van der Waals surface area contributed by atoms with Crippen LogP contribution in [0.25, 0.3) is 66.5 Å². The second kappa shape index (κ2) is 7.54. The maximum absolute atomic E-state index is 4.52. The van der Waals surface area contributed by atoms with E-state index in [1.807, 2.05) is 18.3 Å². The van der Waals surface area contributed by atoms with Gasteiger partial charge in [-0.25, -0.2) is 0 Å². The molecule has 5 aromatic carbocycles. The van der Waals surface area contributed by atoms with Crippen molar-refractivity contribution in [1.29, 1.82) is 0 Å². The molecule has 0 unspecified atom stereocenters. The topological polar surface area (TPSA) is 12.9 Å². The third kappa shape index (κ3) is 2.98. The lowest BCUT2D eigenvalue weighted by atomic mass is 9.94. The number of nitrogens with zero attached hydrogens (tertiary/aromatic N) is 1. The first-order valence-electron chi connectivity index (χ1n) is 11.6. The van der Waals surface area contributed by atoms with Gasteiger partial charge in [-0.3, -0.25) is 4.98 Å². The van der Waals surface area contributed by atoms with Crippen LogP contribution in [0.1, 0.15) is 0 Å². The monoisotopic (exact) mass is 431 g/mol. The average Bonchev–Trinajstić information content (AvgIpc) is 3.24. The van der Waals surface area contributed by atoms with Gasteiger partial charge in [0.1, 0.15) is 0 Å². The third-order valence-electron chi connectivity index (χ3n) is 6.84. The number of rotatable bonds is 3. The molecule has 0 amide bonds. The Morgan fingerprint density at radius 3 is 1.76 bits per heavy atom. The summed E-state index contributed by atoms with van der Waals surface area (Å²) >= 11 is 0. The van der Waals surface area contributed by atoms with Crippen LogP contribution >= 0.6 is 0 Å². The van der Waals surface area contributed by atoms with Crippen LogP contribution in [0.3, 0.4) is 0 Å². The van der Waals surface area contributed by atoms with E-state index in [9.17, 15) is 0 Å². The molecule has 34 heavy (non-hydrogen) atoms. The van der Waals surface area contributed by atoms with Crippen LogP contribution in [0, 0.1) is 0 Å². The smallest absolute Gasteiger partial charge is 0.0702 e. The van der Waals surface area contributed by atoms with Gasteiger partial charge in [0.05, 0.1) is 5.69 Å². The summed E-state index contributed by atoms with van der Waals surface area (Å²) in [5.41, 5.74) is 12.3. The molecule has 0 radical (unpaired) electrons. The highest BCUT2D eigenvalue weighted by Gasteiger charge is 2.21. The van der Waals surface area contributed by atoms with Gasteiger partial charge >= 0.3 is 0 Å². The Balaban J connectivity index is 1.36. The van der Waals surface area contributed by atoms with E-state index >= 15 is 0 Å². The van der Waals surface area contributed by atoms with Crippen molar-refractivity contribution in [2.75, 3.05) is 0 Å². The van der Waals surface area contributed by atoms with Crippen LogP contribution in [-0.4, -0.2) is 4.98 Å². The van der Waals surface area contributed by atoms with E-state index in [2.05, 4.69) is 114 Å². The van der Waals surface area contributed by atoms with Crippen LogP contribution in [0.4, 0.5) is 0 Å². The predicted molar refractivity (Wildman–Crippen MR) is 142 cm³/mol. The Bertz CT molecular complexity index is 1700. The maximum atomic E-state index is 4.52. The molecule has 0 bridgehead atoms. The molecule has 0 fully saturated rings. The van der Waals surface area contributed by atoms with E-state index < -0.39 is 0 Å². The maximum Gasteiger partial charge on any atom is 0.0702 e. The van der Waals surface area contributed by atoms with Crippen molar-refractivity contribution >= 4 is 10.8 Å². The van der Waals surface area contributed by atoms with Crippen LogP contribution in [0.5, 0.6) is 0 Å². The molecule has 0 saturated carbocycles. The molecule has 1 nitrogen and oxygen atoms in total. The molecule has 1 aliphatic carbocycles. The van der Waals surface area contributed by atoms with Crippen molar-refractivity contribution in [2.24, 2.45) is 0 Å². The first-order valence-corrected chi connectivity index (χ1v) is 11.6. The average molecular weight is 432 g/mol. The van der Waals surface area contributed by atoms with Gasteiger partial charge in [-0.05, 0) is 91.7 Å². The Hall–Kier alpha value is -4.49. The highest BCUT2D eigenvalue weighted by atomic mass is 14.7. The zero-order valence-corrected chi connectivity index (χ0v) is 18.6. The summed E-state index contributed by atoms with van der Waals surface area (Å²) in [5, 5.41) is 2.66. The first kappa shape index (κ1) is 19.0. The van der Waals surface area contributed by atoms with E-state index in [4.69, 9.17) is 0 Å². The van der Waals surface area contributed by atoms with E-state index in [1.165, 1.54) is 55.3 Å². The number of aromatic nitrogens is 1. The van der Waals surface area contributed by atoms with E-state index in [-0.39, 0.29) is 0 Å². The Kier molecular flexibility index (Phi) is 4.22. The summed E-state index contributed by atoms with van der Waals surface area (Å²) in [6.07, 6.45) is 1.84. The molecular weight excluding hydrogens is 410 g/mol. The minimum absolute atomic E-state index is 0.993. The summed E-state index contributed by atoms with van der Waals surface area (Å²) in [6.45, 7) is 0. The SMILES string of the molecule is c1ccc(-c2cccc(-c3cccc(-c4cc5c6c(cccc6c4)-c4ccccc4-5)c3)c2)nc1. The number of fused-ring (bicyclic) bond motifs is 3. The molecule has 0 spiro atoms. The molecule has 6 aromatic rings. The van der Waals surface area contributed by atoms with Gasteiger partial charge in [-0.2, -0.15) is 0 Å². The summed E-state index contributed by atoms with van der Waals surface area (Å²) in [5.74, 6) is 0. The summed E-state index contributed by atoms with van der Waals surface area (Å²) in [4.78, 5) is 4.52. The number of pyridine rings is 1. The lowest BCUT2D eigenvalue weighted by Gasteiger charge is -2.11.